The number of esters is 1. The van der Waals surface area contributed by atoms with Gasteiger partial charge in [-0.3, -0.25) is 9.59 Å². The van der Waals surface area contributed by atoms with Crippen molar-refractivity contribution in [1.29, 1.82) is 0 Å². The quantitative estimate of drug-likeness (QED) is 0.442. The molecule has 0 radical (unpaired) electrons. The van der Waals surface area contributed by atoms with Gasteiger partial charge >= 0.3 is 5.97 Å². The van der Waals surface area contributed by atoms with Gasteiger partial charge in [-0.25, -0.2) is 9.69 Å². The van der Waals surface area contributed by atoms with Gasteiger partial charge in [-0.05, 0) is 60.4 Å². The topological polar surface area (TPSA) is 63.7 Å². The molecule has 7 rings (SSSR count). The minimum atomic E-state index is -0.423. The Kier molecular flexibility index (Phi) is 4.31. The largest absolute Gasteiger partial charge is 0.459 e. The predicted molar refractivity (Wildman–Crippen MR) is 123 cm³/mol. The highest BCUT2D eigenvalue weighted by Gasteiger charge is 2.61. The molecule has 0 saturated carbocycles. The lowest BCUT2D eigenvalue weighted by Crippen LogP contribution is -2.41. The monoisotopic (exact) mass is 437 g/mol. The zero-order chi connectivity index (χ0) is 22.9. The first kappa shape index (κ1) is 19.9. The highest BCUT2D eigenvalue weighted by Crippen LogP contribution is 2.61. The highest BCUT2D eigenvalue weighted by atomic mass is 16.5. The van der Waals surface area contributed by atoms with Crippen molar-refractivity contribution in [3.63, 3.8) is 0 Å². The fourth-order valence-electron chi connectivity index (χ4n) is 5.96. The zero-order valence-electron chi connectivity index (χ0n) is 18.4. The van der Waals surface area contributed by atoms with Crippen LogP contribution >= 0.6 is 0 Å². The third-order valence-corrected chi connectivity index (χ3v) is 7.15. The summed E-state index contributed by atoms with van der Waals surface area (Å²) in [4.78, 5) is 41.0. The smallest absolute Gasteiger partial charge is 0.338 e. The molecule has 5 heteroatoms. The van der Waals surface area contributed by atoms with Crippen molar-refractivity contribution in [1.82, 2.24) is 0 Å². The molecule has 1 fully saturated rings. The van der Waals surface area contributed by atoms with Crippen LogP contribution in [0.3, 0.4) is 0 Å². The maximum Gasteiger partial charge on any atom is 0.338 e. The molecule has 164 valence electrons. The molecule has 2 atom stereocenters. The van der Waals surface area contributed by atoms with Crippen LogP contribution in [0.15, 0.2) is 72.8 Å². The lowest BCUT2D eigenvalue weighted by atomic mass is 9.55. The zero-order valence-corrected chi connectivity index (χ0v) is 18.4. The van der Waals surface area contributed by atoms with Gasteiger partial charge in [-0.15, -0.1) is 0 Å². The normalized spacial score (nSPS) is 24.5. The maximum atomic E-state index is 13.7. The Morgan fingerprint density at radius 2 is 1.15 bits per heavy atom. The van der Waals surface area contributed by atoms with Crippen molar-refractivity contribution in [3.8, 4) is 0 Å². The van der Waals surface area contributed by atoms with E-state index in [2.05, 4.69) is 24.3 Å². The number of hydrogen-bond acceptors (Lipinski definition) is 4. The third-order valence-electron chi connectivity index (χ3n) is 7.15. The van der Waals surface area contributed by atoms with Gasteiger partial charge in [-0.1, -0.05) is 48.5 Å². The Balaban J connectivity index is 1.41. The van der Waals surface area contributed by atoms with E-state index in [0.717, 1.165) is 22.3 Å². The fraction of sp³-hybridized carbons (Fsp3) is 0.250. The molecule has 0 N–H and O–H groups in total. The Hall–Kier alpha value is -3.73. The second-order valence-electron chi connectivity index (χ2n) is 9.28. The Morgan fingerprint density at radius 1 is 0.727 bits per heavy atom. The molecule has 3 aromatic rings. The van der Waals surface area contributed by atoms with Crippen molar-refractivity contribution in [2.75, 3.05) is 4.90 Å². The molecule has 33 heavy (non-hydrogen) atoms. The van der Waals surface area contributed by atoms with Crippen LogP contribution in [0.25, 0.3) is 0 Å². The van der Waals surface area contributed by atoms with Gasteiger partial charge < -0.3 is 4.74 Å². The van der Waals surface area contributed by atoms with Gasteiger partial charge in [0.15, 0.2) is 0 Å². The van der Waals surface area contributed by atoms with Crippen molar-refractivity contribution in [2.24, 2.45) is 11.8 Å². The number of anilines is 1. The number of nitrogens with zero attached hydrogens (tertiary/aromatic N) is 1. The summed E-state index contributed by atoms with van der Waals surface area (Å²) in [6.45, 7) is 3.58. The van der Waals surface area contributed by atoms with Crippen LogP contribution in [0.5, 0.6) is 0 Å². The van der Waals surface area contributed by atoms with Crippen molar-refractivity contribution in [3.05, 3.63) is 101 Å². The van der Waals surface area contributed by atoms with Crippen LogP contribution < -0.4 is 4.90 Å². The Morgan fingerprint density at radius 3 is 1.55 bits per heavy atom. The van der Waals surface area contributed by atoms with Gasteiger partial charge in [0.25, 0.3) is 0 Å². The molecular weight excluding hydrogens is 414 g/mol. The molecule has 0 unspecified atom stereocenters. The summed E-state index contributed by atoms with van der Waals surface area (Å²) < 4.78 is 5.24. The number of ether oxygens (including phenoxy) is 1. The molecule has 5 nitrogen and oxygen atoms in total. The van der Waals surface area contributed by atoms with Gasteiger partial charge in [0.05, 0.1) is 29.2 Å². The summed E-state index contributed by atoms with van der Waals surface area (Å²) in [5.74, 6) is -1.85. The second kappa shape index (κ2) is 7.14. The van der Waals surface area contributed by atoms with Crippen LogP contribution in [0.1, 0.15) is 58.3 Å². The van der Waals surface area contributed by atoms with E-state index in [1.54, 1.807) is 38.1 Å². The lowest BCUT2D eigenvalue weighted by molar-refractivity contribution is -0.122. The van der Waals surface area contributed by atoms with E-state index in [9.17, 15) is 14.4 Å². The molecule has 0 spiro atoms. The Labute approximate surface area is 192 Å². The number of carbonyl (C=O) groups is 3. The number of benzene rings is 3. The average Bonchev–Trinajstić information content (AvgIpc) is 3.09. The Bertz CT molecular complexity index is 1190. The molecule has 0 aromatic heterocycles. The van der Waals surface area contributed by atoms with E-state index in [1.807, 2.05) is 24.3 Å². The van der Waals surface area contributed by atoms with Crippen molar-refractivity contribution < 1.29 is 19.1 Å². The summed E-state index contributed by atoms with van der Waals surface area (Å²) in [5, 5.41) is 0. The van der Waals surface area contributed by atoms with Crippen LogP contribution in [-0.4, -0.2) is 23.9 Å². The van der Waals surface area contributed by atoms with Crippen LogP contribution in [-0.2, 0) is 14.3 Å². The van der Waals surface area contributed by atoms with Crippen LogP contribution in [0, 0.1) is 11.8 Å². The summed E-state index contributed by atoms with van der Waals surface area (Å²) in [6, 6.07) is 22.9. The molecule has 3 aliphatic carbocycles. The average molecular weight is 437 g/mol. The molecule has 1 heterocycles. The van der Waals surface area contributed by atoms with Gasteiger partial charge in [0, 0.05) is 11.8 Å². The maximum absolute atomic E-state index is 13.7. The van der Waals surface area contributed by atoms with E-state index in [1.165, 1.54) is 4.90 Å². The summed E-state index contributed by atoms with van der Waals surface area (Å²) in [5.41, 5.74) is 5.49. The molecule has 3 aromatic carbocycles. The van der Waals surface area contributed by atoms with E-state index in [0.29, 0.717) is 11.3 Å². The van der Waals surface area contributed by atoms with E-state index in [4.69, 9.17) is 4.74 Å². The van der Waals surface area contributed by atoms with Gasteiger partial charge in [0.1, 0.15) is 0 Å². The number of rotatable bonds is 3. The molecule has 2 amide bonds. The SMILES string of the molecule is CC(C)OC(=O)c1ccc(N2C(=O)[C@H]3C4c5ccccc5C(c5ccccc54)[C@@H]3C2=O)cc1. The van der Waals surface area contributed by atoms with E-state index < -0.39 is 17.8 Å². The number of imide groups is 1. The van der Waals surface area contributed by atoms with E-state index in [-0.39, 0.29) is 29.8 Å². The number of carbonyl (C=O) groups excluding carboxylic acids is 3. The molecule has 4 aliphatic rings. The van der Waals surface area contributed by atoms with Crippen LogP contribution in [0.4, 0.5) is 5.69 Å². The fourth-order valence-corrected chi connectivity index (χ4v) is 5.96. The van der Waals surface area contributed by atoms with Crippen molar-refractivity contribution >= 4 is 23.5 Å². The lowest BCUT2D eigenvalue weighted by Gasteiger charge is -2.45. The summed E-state index contributed by atoms with van der Waals surface area (Å²) >= 11 is 0. The highest BCUT2D eigenvalue weighted by molar-refractivity contribution is 6.23. The predicted octanol–water partition coefficient (Wildman–Crippen LogP) is 4.65. The summed E-state index contributed by atoms with van der Waals surface area (Å²) in [7, 11) is 0. The first-order chi connectivity index (χ1) is 16.0. The molecule has 1 saturated heterocycles. The first-order valence-corrected chi connectivity index (χ1v) is 11.3. The standard InChI is InChI=1S/C28H23NO4/c1-15(2)33-28(32)16-11-13-17(14-12-16)29-26(30)24-22-18-7-3-4-8-19(18)23(25(24)27(29)31)21-10-6-5-9-20(21)22/h3-15,22-25H,1-2H3/t22?,23?,24-,25-/m0/s1. The van der Waals surface area contributed by atoms with Crippen LogP contribution in [0.2, 0.25) is 0 Å². The molecule has 2 bridgehead atoms. The van der Waals surface area contributed by atoms with Gasteiger partial charge in [-0.2, -0.15) is 0 Å². The minimum absolute atomic E-state index is 0.130. The first-order valence-electron chi connectivity index (χ1n) is 11.3. The second-order valence-corrected chi connectivity index (χ2v) is 9.28. The molecule has 1 aliphatic heterocycles. The molecular formula is C28H23NO4. The minimum Gasteiger partial charge on any atom is -0.459 e. The van der Waals surface area contributed by atoms with E-state index >= 15 is 0 Å². The van der Waals surface area contributed by atoms with Gasteiger partial charge in [0.2, 0.25) is 11.8 Å². The number of hydrogen-bond donors (Lipinski definition) is 0. The number of amides is 2. The van der Waals surface area contributed by atoms with Crippen molar-refractivity contribution in [2.45, 2.75) is 31.8 Å². The summed E-state index contributed by atoms with van der Waals surface area (Å²) in [6.07, 6.45) is -0.222. The third kappa shape index (κ3) is 2.75.